The van der Waals surface area contributed by atoms with E-state index in [1.807, 2.05) is 6.08 Å². The number of nitrogens with two attached hydrogens (primary N) is 1. The lowest BCUT2D eigenvalue weighted by Crippen LogP contribution is -2.42. The van der Waals surface area contributed by atoms with Crippen molar-refractivity contribution in [2.24, 2.45) is 16.6 Å². The average molecular weight is 334 g/mol. The number of carbonyl (C=O) groups is 2. The van der Waals surface area contributed by atoms with Crippen LogP contribution in [0.1, 0.15) is 32.6 Å². The third kappa shape index (κ3) is 3.60. The van der Waals surface area contributed by atoms with Crippen LogP contribution in [0.2, 0.25) is 0 Å². The molecule has 1 fully saturated rings. The van der Waals surface area contributed by atoms with Crippen molar-refractivity contribution >= 4 is 28.7 Å². The maximum Gasteiger partial charge on any atom is 0.246 e. The number of hydrogen-bond acceptors (Lipinski definition) is 5. The van der Waals surface area contributed by atoms with Gasteiger partial charge >= 0.3 is 0 Å². The molecule has 3 rings (SSSR count). The number of thioether (sulfide) groups is 1. The van der Waals surface area contributed by atoms with E-state index in [4.69, 9.17) is 5.73 Å². The molecule has 0 aromatic rings. The summed E-state index contributed by atoms with van der Waals surface area (Å²) >= 11 is 1.59. The topological polar surface area (TPSA) is 96.6 Å². The fraction of sp³-hybridized carbons (Fsp3) is 0.562. The average Bonchev–Trinajstić information content (AvgIpc) is 2.94. The predicted molar refractivity (Wildman–Crippen MR) is 91.7 cm³/mol. The lowest BCUT2D eigenvalue weighted by atomic mass is 9.79. The summed E-state index contributed by atoms with van der Waals surface area (Å²) in [4.78, 5) is 28.1. The monoisotopic (exact) mass is 334 g/mol. The zero-order chi connectivity index (χ0) is 16.4. The highest BCUT2D eigenvalue weighted by molar-refractivity contribution is 8.13. The Hall–Kier alpha value is -1.76. The number of aliphatic imine (C=N–C) groups is 1. The molecule has 4 N–H and O–H groups in total. The minimum Gasteiger partial charge on any atom is -0.379 e. The van der Waals surface area contributed by atoms with Crippen molar-refractivity contribution in [3.63, 3.8) is 0 Å². The Kier molecular flexibility index (Phi) is 4.48. The molecule has 0 saturated carbocycles. The van der Waals surface area contributed by atoms with E-state index in [-0.39, 0.29) is 23.3 Å². The molecule has 0 spiro atoms. The van der Waals surface area contributed by atoms with Gasteiger partial charge in [-0.15, -0.1) is 0 Å². The maximum absolute atomic E-state index is 12.2. The highest BCUT2D eigenvalue weighted by Gasteiger charge is 2.36. The minimum atomic E-state index is -0.424. The van der Waals surface area contributed by atoms with E-state index in [0.29, 0.717) is 18.0 Å². The number of allylic oxidation sites excluding steroid dienone is 2. The van der Waals surface area contributed by atoms with E-state index in [1.165, 1.54) is 0 Å². The molecular formula is C16H22N4O2S. The SMILES string of the molecule is C[C@@]1(C2C=C(NC(=O)[C@@H]3CCC(=O)N3)C=CC2)CCSC(N)=N1. The highest BCUT2D eigenvalue weighted by atomic mass is 32.2. The largest absolute Gasteiger partial charge is 0.379 e. The van der Waals surface area contributed by atoms with Crippen LogP contribution in [0.25, 0.3) is 0 Å². The van der Waals surface area contributed by atoms with Gasteiger partial charge in [-0.2, -0.15) is 0 Å². The van der Waals surface area contributed by atoms with Gasteiger partial charge in [0.1, 0.15) is 6.04 Å². The van der Waals surface area contributed by atoms with Crippen LogP contribution >= 0.6 is 11.8 Å². The molecule has 7 heteroatoms. The number of nitrogens with one attached hydrogen (secondary N) is 2. The molecule has 23 heavy (non-hydrogen) atoms. The van der Waals surface area contributed by atoms with Crippen molar-refractivity contribution in [3.05, 3.63) is 23.9 Å². The molecule has 3 aliphatic rings. The van der Waals surface area contributed by atoms with Crippen molar-refractivity contribution < 1.29 is 9.59 Å². The smallest absolute Gasteiger partial charge is 0.246 e. The number of rotatable bonds is 3. The van der Waals surface area contributed by atoms with Crippen molar-refractivity contribution in [1.82, 2.24) is 10.6 Å². The van der Waals surface area contributed by atoms with Crippen LogP contribution < -0.4 is 16.4 Å². The van der Waals surface area contributed by atoms with Crippen LogP contribution in [0.4, 0.5) is 0 Å². The molecular weight excluding hydrogens is 312 g/mol. The highest BCUT2D eigenvalue weighted by Crippen LogP contribution is 2.37. The van der Waals surface area contributed by atoms with E-state index >= 15 is 0 Å². The number of hydrogen-bond donors (Lipinski definition) is 3. The minimum absolute atomic E-state index is 0.0618. The second-order valence-electron chi connectivity index (χ2n) is 6.42. The Balaban J connectivity index is 1.69. The third-order valence-electron chi connectivity index (χ3n) is 4.67. The predicted octanol–water partition coefficient (Wildman–Crippen LogP) is 1.05. The number of carbonyl (C=O) groups excluding carboxylic acids is 2. The lowest BCUT2D eigenvalue weighted by molar-refractivity contribution is -0.125. The van der Waals surface area contributed by atoms with E-state index < -0.39 is 6.04 Å². The molecule has 1 saturated heterocycles. The van der Waals surface area contributed by atoms with Crippen LogP contribution in [0, 0.1) is 5.92 Å². The molecule has 2 amide bonds. The molecule has 0 aromatic carbocycles. The zero-order valence-electron chi connectivity index (χ0n) is 13.2. The summed E-state index contributed by atoms with van der Waals surface area (Å²) in [6.45, 7) is 2.12. The first kappa shape index (κ1) is 16.1. The van der Waals surface area contributed by atoms with Gasteiger partial charge in [0.2, 0.25) is 11.8 Å². The molecule has 1 unspecified atom stereocenters. The molecule has 2 heterocycles. The first-order valence-electron chi connectivity index (χ1n) is 7.93. The Morgan fingerprint density at radius 2 is 2.39 bits per heavy atom. The van der Waals surface area contributed by atoms with E-state index in [1.54, 1.807) is 11.8 Å². The van der Waals surface area contributed by atoms with Gasteiger partial charge in [-0.25, -0.2) is 0 Å². The summed E-state index contributed by atoms with van der Waals surface area (Å²) in [6, 6.07) is -0.424. The summed E-state index contributed by atoms with van der Waals surface area (Å²) in [5.74, 6) is 0.962. The van der Waals surface area contributed by atoms with Crippen LogP contribution in [0.3, 0.4) is 0 Å². The molecule has 0 radical (unpaired) electrons. The van der Waals surface area contributed by atoms with Gasteiger partial charge in [-0.3, -0.25) is 14.6 Å². The third-order valence-corrected chi connectivity index (χ3v) is 5.47. The molecule has 1 aliphatic carbocycles. The fourth-order valence-corrected chi connectivity index (χ4v) is 4.21. The summed E-state index contributed by atoms with van der Waals surface area (Å²) < 4.78 is 0. The number of amidine groups is 1. The Bertz CT molecular complexity index is 613. The van der Waals surface area contributed by atoms with E-state index in [9.17, 15) is 9.59 Å². The summed E-state index contributed by atoms with van der Waals surface area (Å²) in [5, 5.41) is 6.24. The molecule has 2 aliphatic heterocycles. The lowest BCUT2D eigenvalue weighted by Gasteiger charge is -2.36. The summed E-state index contributed by atoms with van der Waals surface area (Å²) in [5.41, 5.74) is 6.45. The first-order valence-corrected chi connectivity index (χ1v) is 8.91. The normalized spacial score (nSPS) is 33.7. The second kappa shape index (κ2) is 6.39. The molecule has 0 aromatic heterocycles. The fourth-order valence-electron chi connectivity index (χ4n) is 3.21. The quantitative estimate of drug-likeness (QED) is 0.719. The van der Waals surface area contributed by atoms with Crippen LogP contribution in [-0.2, 0) is 9.59 Å². The second-order valence-corrected chi connectivity index (χ2v) is 7.54. The summed E-state index contributed by atoms with van der Waals surface area (Å²) in [7, 11) is 0. The van der Waals surface area contributed by atoms with Gasteiger partial charge in [0.25, 0.3) is 0 Å². The van der Waals surface area contributed by atoms with Gasteiger partial charge in [-0.05, 0) is 32.3 Å². The number of nitrogens with zero attached hydrogens (tertiary/aromatic N) is 1. The van der Waals surface area contributed by atoms with E-state index in [2.05, 4.69) is 34.7 Å². The Morgan fingerprint density at radius 3 is 3.09 bits per heavy atom. The van der Waals surface area contributed by atoms with Gasteiger partial charge < -0.3 is 16.4 Å². The number of amides is 2. The van der Waals surface area contributed by atoms with Crippen molar-refractivity contribution in [2.45, 2.75) is 44.2 Å². The van der Waals surface area contributed by atoms with Crippen molar-refractivity contribution in [2.75, 3.05) is 5.75 Å². The molecule has 6 nitrogen and oxygen atoms in total. The molecule has 124 valence electrons. The van der Waals surface area contributed by atoms with E-state index in [0.717, 1.165) is 24.3 Å². The van der Waals surface area contributed by atoms with Gasteiger partial charge in [-0.1, -0.05) is 23.9 Å². The van der Waals surface area contributed by atoms with Gasteiger partial charge in [0, 0.05) is 23.8 Å². The Labute approximate surface area is 140 Å². The van der Waals surface area contributed by atoms with Crippen molar-refractivity contribution in [3.8, 4) is 0 Å². The zero-order valence-corrected chi connectivity index (χ0v) is 14.0. The standard InChI is InChI=1S/C16H22N4O2S/c1-16(7-8-23-15(17)20-16)10-3-2-4-11(9-10)18-14(22)12-5-6-13(21)19-12/h2,4,9-10,12H,3,5-8H2,1H3,(H2,17,20)(H,18,22)(H,19,21)/t10?,12-,16-/m0/s1. The molecule has 0 bridgehead atoms. The maximum atomic E-state index is 12.2. The van der Waals surface area contributed by atoms with Crippen LogP contribution in [0.15, 0.2) is 28.9 Å². The molecule has 3 atom stereocenters. The summed E-state index contributed by atoms with van der Waals surface area (Å²) in [6.07, 6.45) is 8.87. The van der Waals surface area contributed by atoms with Crippen LogP contribution in [-0.4, -0.2) is 34.3 Å². The Morgan fingerprint density at radius 1 is 1.57 bits per heavy atom. The first-order chi connectivity index (χ1) is 11.0. The van der Waals surface area contributed by atoms with Crippen molar-refractivity contribution in [1.29, 1.82) is 0 Å². The van der Waals surface area contributed by atoms with Gasteiger partial charge in [0.05, 0.1) is 5.54 Å². The van der Waals surface area contributed by atoms with Crippen LogP contribution in [0.5, 0.6) is 0 Å². The van der Waals surface area contributed by atoms with Gasteiger partial charge in [0.15, 0.2) is 5.17 Å².